The van der Waals surface area contributed by atoms with Gasteiger partial charge in [0.2, 0.25) is 0 Å². The summed E-state index contributed by atoms with van der Waals surface area (Å²) in [7, 11) is 0. The summed E-state index contributed by atoms with van der Waals surface area (Å²) in [6.07, 6.45) is 4.29. The van der Waals surface area contributed by atoms with Crippen molar-refractivity contribution >= 4 is 11.0 Å². The van der Waals surface area contributed by atoms with Crippen LogP contribution in [0.15, 0.2) is 72.9 Å². The van der Waals surface area contributed by atoms with Crippen LogP contribution in [0, 0.1) is 0 Å². The second-order valence-corrected chi connectivity index (χ2v) is 10.4. The fraction of sp³-hybridized carbons (Fsp3) is 0.419. The Balaban J connectivity index is 1.08. The smallest absolute Gasteiger partial charge is 0.121 e. The fourth-order valence-electron chi connectivity index (χ4n) is 5.11. The van der Waals surface area contributed by atoms with Gasteiger partial charge in [0.05, 0.1) is 23.3 Å². The Bertz CT molecular complexity index is 1200. The monoisotopic (exact) mass is 526 g/mol. The zero-order valence-corrected chi connectivity index (χ0v) is 22.8. The van der Waals surface area contributed by atoms with Crippen LogP contribution in [0.2, 0.25) is 0 Å². The van der Waals surface area contributed by atoms with E-state index in [9.17, 15) is 0 Å². The molecule has 2 aromatic carbocycles. The highest BCUT2D eigenvalue weighted by Gasteiger charge is 2.13. The Labute approximate surface area is 232 Å². The van der Waals surface area contributed by atoms with E-state index in [1.54, 1.807) is 0 Å². The molecule has 8 nitrogen and oxygen atoms in total. The minimum Gasteiger partial charge on any atom is -0.341 e. The first-order valence-corrected chi connectivity index (χ1v) is 14.3. The first-order chi connectivity index (χ1) is 19.3. The van der Waals surface area contributed by atoms with Crippen LogP contribution in [0.4, 0.5) is 0 Å². The molecule has 8 heteroatoms. The van der Waals surface area contributed by atoms with Gasteiger partial charge in [0.15, 0.2) is 0 Å². The molecule has 0 amide bonds. The average Bonchev–Trinajstić information content (AvgIpc) is 3.40. The van der Waals surface area contributed by atoms with E-state index < -0.39 is 0 Å². The number of fused-ring (bicyclic) bond motifs is 1. The third kappa shape index (κ3) is 8.95. The number of aromatic nitrogens is 3. The van der Waals surface area contributed by atoms with Crippen molar-refractivity contribution < 1.29 is 0 Å². The number of aromatic amines is 1. The van der Waals surface area contributed by atoms with E-state index in [-0.39, 0.29) is 0 Å². The maximum Gasteiger partial charge on any atom is 0.121 e. The summed E-state index contributed by atoms with van der Waals surface area (Å²) in [6, 6.07) is 23.9. The molecule has 0 aliphatic carbocycles. The van der Waals surface area contributed by atoms with Gasteiger partial charge in [-0.2, -0.15) is 0 Å². The predicted molar refractivity (Wildman–Crippen MR) is 158 cm³/mol. The highest BCUT2D eigenvalue weighted by atomic mass is 15.2. The van der Waals surface area contributed by atoms with Crippen LogP contribution in [-0.2, 0) is 26.2 Å². The van der Waals surface area contributed by atoms with Crippen molar-refractivity contribution in [1.82, 2.24) is 41.1 Å². The lowest BCUT2D eigenvalue weighted by atomic mass is 10.1. The van der Waals surface area contributed by atoms with E-state index >= 15 is 0 Å². The lowest BCUT2D eigenvalue weighted by Crippen LogP contribution is -2.43. The van der Waals surface area contributed by atoms with E-state index in [1.807, 2.05) is 36.5 Å². The van der Waals surface area contributed by atoms with Crippen LogP contribution in [0.5, 0.6) is 0 Å². The molecule has 2 aromatic heterocycles. The molecule has 4 aromatic rings. The van der Waals surface area contributed by atoms with Gasteiger partial charge in [0.25, 0.3) is 0 Å². The molecule has 0 radical (unpaired) electrons. The minimum absolute atomic E-state index is 0.640. The number of hydrogen-bond acceptors (Lipinski definition) is 7. The molecular formula is C31H42N8. The van der Waals surface area contributed by atoms with E-state index in [0.29, 0.717) is 6.04 Å². The molecule has 0 bridgehead atoms. The normalized spacial score (nSPS) is 14.4. The SMILES string of the molecule is c1ccc(CNCCN(CCNC2CCNCC2)Cc2ccc(CNCc3nc4ccccc4[nH]3)cc2)nc1. The summed E-state index contributed by atoms with van der Waals surface area (Å²) in [5.41, 5.74) is 5.82. The molecule has 0 atom stereocenters. The number of benzene rings is 2. The number of nitrogens with one attached hydrogen (secondary N) is 5. The molecule has 1 aliphatic heterocycles. The predicted octanol–water partition coefficient (Wildman–Crippen LogP) is 3.18. The molecule has 3 heterocycles. The van der Waals surface area contributed by atoms with Crippen LogP contribution in [-0.4, -0.2) is 65.2 Å². The highest BCUT2D eigenvalue weighted by Crippen LogP contribution is 2.11. The Morgan fingerprint density at radius 1 is 0.795 bits per heavy atom. The lowest BCUT2D eigenvalue weighted by molar-refractivity contribution is 0.255. The Morgan fingerprint density at radius 2 is 1.59 bits per heavy atom. The summed E-state index contributed by atoms with van der Waals surface area (Å²) in [6.45, 7) is 9.54. The number of hydrogen-bond donors (Lipinski definition) is 5. The van der Waals surface area contributed by atoms with Gasteiger partial charge in [-0.15, -0.1) is 0 Å². The van der Waals surface area contributed by atoms with Gasteiger partial charge in [-0.1, -0.05) is 42.5 Å². The number of para-hydroxylation sites is 2. The zero-order valence-electron chi connectivity index (χ0n) is 22.8. The van der Waals surface area contributed by atoms with E-state index in [2.05, 4.69) is 77.5 Å². The Hall–Kier alpha value is -3.14. The van der Waals surface area contributed by atoms with Crippen molar-refractivity contribution in [2.75, 3.05) is 39.3 Å². The number of pyridine rings is 1. The van der Waals surface area contributed by atoms with Crippen molar-refractivity contribution in [3.05, 3.63) is 95.6 Å². The molecule has 0 spiro atoms. The van der Waals surface area contributed by atoms with Gasteiger partial charge < -0.3 is 26.3 Å². The van der Waals surface area contributed by atoms with Crippen molar-refractivity contribution in [3.8, 4) is 0 Å². The third-order valence-electron chi connectivity index (χ3n) is 7.33. The molecule has 1 saturated heterocycles. The topological polar surface area (TPSA) is 92.9 Å². The van der Waals surface area contributed by atoms with Gasteiger partial charge in [0.1, 0.15) is 5.82 Å². The zero-order chi connectivity index (χ0) is 26.5. The number of rotatable bonds is 15. The molecule has 5 rings (SSSR count). The van der Waals surface area contributed by atoms with Gasteiger partial charge in [-0.25, -0.2) is 4.98 Å². The van der Waals surface area contributed by atoms with Crippen LogP contribution in [0.25, 0.3) is 11.0 Å². The van der Waals surface area contributed by atoms with Crippen molar-refractivity contribution in [3.63, 3.8) is 0 Å². The van der Waals surface area contributed by atoms with Crippen molar-refractivity contribution in [1.29, 1.82) is 0 Å². The molecule has 1 fully saturated rings. The summed E-state index contributed by atoms with van der Waals surface area (Å²) < 4.78 is 0. The average molecular weight is 527 g/mol. The van der Waals surface area contributed by atoms with Gasteiger partial charge >= 0.3 is 0 Å². The van der Waals surface area contributed by atoms with Crippen LogP contribution in [0.1, 0.15) is 35.5 Å². The molecular weight excluding hydrogens is 484 g/mol. The van der Waals surface area contributed by atoms with Crippen LogP contribution >= 0.6 is 0 Å². The second kappa shape index (κ2) is 14.9. The maximum atomic E-state index is 4.65. The van der Waals surface area contributed by atoms with Gasteiger partial charge in [-0.05, 0) is 61.3 Å². The van der Waals surface area contributed by atoms with Crippen LogP contribution < -0.4 is 21.3 Å². The Morgan fingerprint density at radius 3 is 2.41 bits per heavy atom. The van der Waals surface area contributed by atoms with Crippen molar-refractivity contribution in [2.45, 2.75) is 45.1 Å². The summed E-state index contributed by atoms with van der Waals surface area (Å²) in [5, 5.41) is 14.3. The first kappa shape index (κ1) is 27.4. The quantitative estimate of drug-likeness (QED) is 0.152. The number of imidazole rings is 1. The second-order valence-electron chi connectivity index (χ2n) is 10.4. The summed E-state index contributed by atoms with van der Waals surface area (Å²) in [5.74, 6) is 0.971. The molecule has 0 unspecified atom stereocenters. The molecule has 206 valence electrons. The molecule has 1 aliphatic rings. The van der Waals surface area contributed by atoms with Crippen molar-refractivity contribution in [2.24, 2.45) is 0 Å². The van der Waals surface area contributed by atoms with E-state index in [4.69, 9.17) is 0 Å². The highest BCUT2D eigenvalue weighted by molar-refractivity contribution is 5.74. The summed E-state index contributed by atoms with van der Waals surface area (Å²) >= 11 is 0. The lowest BCUT2D eigenvalue weighted by Gasteiger charge is -2.27. The molecule has 5 N–H and O–H groups in total. The Kier molecular flexibility index (Phi) is 10.5. The van der Waals surface area contributed by atoms with Crippen LogP contribution in [0.3, 0.4) is 0 Å². The van der Waals surface area contributed by atoms with E-state index in [0.717, 1.165) is 88.0 Å². The molecule has 0 saturated carbocycles. The number of nitrogens with zero attached hydrogens (tertiary/aromatic N) is 3. The minimum atomic E-state index is 0.640. The third-order valence-corrected chi connectivity index (χ3v) is 7.33. The largest absolute Gasteiger partial charge is 0.341 e. The van der Waals surface area contributed by atoms with Gasteiger partial charge in [-0.3, -0.25) is 9.88 Å². The standard InChI is InChI=1S/C31H42N8/c1-2-7-30-29(6-1)37-31(38-30)23-34-21-25-8-10-26(11-9-25)24-39(20-18-36-27-12-15-32-16-13-27)19-17-33-22-28-5-3-4-14-35-28/h1-11,14,27,32-34,36H,12-13,15-24H2,(H,37,38). The van der Waals surface area contributed by atoms with E-state index in [1.165, 1.54) is 24.0 Å². The number of piperidine rings is 1. The number of H-pyrrole nitrogens is 1. The molecule has 39 heavy (non-hydrogen) atoms. The van der Waals surface area contributed by atoms with Gasteiger partial charge in [0, 0.05) is 58.1 Å². The summed E-state index contributed by atoms with van der Waals surface area (Å²) in [4.78, 5) is 15.0. The maximum absolute atomic E-state index is 4.65. The first-order valence-electron chi connectivity index (χ1n) is 14.3. The fourth-order valence-corrected chi connectivity index (χ4v) is 5.11.